The fourth-order valence-electron chi connectivity index (χ4n) is 3.15. The Kier molecular flexibility index (Phi) is 5.48. The Morgan fingerprint density at radius 3 is 2.40 bits per heavy atom. The van der Waals surface area contributed by atoms with Crippen molar-refractivity contribution in [1.82, 2.24) is 9.97 Å². The fourth-order valence-corrected chi connectivity index (χ4v) is 3.15. The molecule has 0 amide bonds. The molecule has 0 aliphatic heterocycles. The zero-order chi connectivity index (χ0) is 17.6. The number of hydrogen-bond donors (Lipinski definition) is 3. The van der Waals surface area contributed by atoms with E-state index >= 15 is 0 Å². The van der Waals surface area contributed by atoms with Crippen molar-refractivity contribution in [3.63, 3.8) is 0 Å². The van der Waals surface area contributed by atoms with E-state index in [0.29, 0.717) is 17.8 Å². The first kappa shape index (κ1) is 17.2. The van der Waals surface area contributed by atoms with Gasteiger partial charge < -0.3 is 15.7 Å². The highest BCUT2D eigenvalue weighted by Crippen LogP contribution is 2.22. The van der Waals surface area contributed by atoms with Crippen LogP contribution in [0.2, 0.25) is 0 Å². The Morgan fingerprint density at radius 1 is 1.08 bits per heavy atom. The molecule has 0 saturated heterocycles. The first-order valence-corrected chi connectivity index (χ1v) is 8.83. The second kappa shape index (κ2) is 7.96. The molecular weight excluding hydrogens is 316 g/mol. The van der Waals surface area contributed by atoms with E-state index in [0.717, 1.165) is 24.2 Å². The topological polar surface area (TPSA) is 87.1 Å². The molecule has 6 nitrogen and oxygen atoms in total. The lowest BCUT2D eigenvalue weighted by molar-refractivity contribution is 0.0697. The molecule has 2 aromatic rings. The number of nitrogens with one attached hydrogen (secondary N) is 2. The molecule has 0 spiro atoms. The van der Waals surface area contributed by atoms with E-state index in [9.17, 15) is 4.79 Å². The second-order valence-electron chi connectivity index (χ2n) is 6.56. The third kappa shape index (κ3) is 4.92. The molecule has 25 heavy (non-hydrogen) atoms. The summed E-state index contributed by atoms with van der Waals surface area (Å²) in [5.74, 6) is 0.419. The second-order valence-corrected chi connectivity index (χ2v) is 6.56. The van der Waals surface area contributed by atoms with Gasteiger partial charge in [-0.1, -0.05) is 25.7 Å². The molecule has 1 aromatic carbocycles. The van der Waals surface area contributed by atoms with Crippen molar-refractivity contribution in [2.75, 3.05) is 10.6 Å². The van der Waals surface area contributed by atoms with Crippen LogP contribution in [0.1, 0.15) is 54.6 Å². The number of aromatic carboxylic acids is 1. The number of benzene rings is 1. The van der Waals surface area contributed by atoms with Crippen LogP contribution in [0.25, 0.3) is 0 Å². The number of anilines is 3. The fraction of sp³-hybridized carbons (Fsp3) is 0.421. The standard InChI is InChI=1S/C19H24N4O2/c1-13-12-17(21-16-10-8-14(9-11-16)18(24)25)23-19(20-13)22-15-6-4-2-3-5-7-15/h8-12,15H,2-7H2,1H3,(H,24,25)(H2,20,21,22,23). The molecule has 1 aliphatic rings. The van der Waals surface area contributed by atoms with Crippen LogP contribution < -0.4 is 10.6 Å². The Hall–Kier alpha value is -2.63. The minimum absolute atomic E-state index is 0.264. The summed E-state index contributed by atoms with van der Waals surface area (Å²) >= 11 is 0. The lowest BCUT2D eigenvalue weighted by Crippen LogP contribution is -2.20. The Balaban J connectivity index is 1.71. The van der Waals surface area contributed by atoms with Crippen LogP contribution in [0.5, 0.6) is 0 Å². The summed E-state index contributed by atoms with van der Waals surface area (Å²) in [5.41, 5.74) is 1.94. The molecule has 6 heteroatoms. The number of aryl methyl sites for hydroxylation is 1. The van der Waals surface area contributed by atoms with Crippen molar-refractivity contribution in [1.29, 1.82) is 0 Å². The Morgan fingerprint density at radius 2 is 1.76 bits per heavy atom. The van der Waals surface area contributed by atoms with Gasteiger partial charge in [0.05, 0.1) is 5.56 Å². The molecule has 0 atom stereocenters. The van der Waals surface area contributed by atoms with Gasteiger partial charge in [0.2, 0.25) is 5.95 Å². The minimum atomic E-state index is -0.931. The summed E-state index contributed by atoms with van der Waals surface area (Å²) in [6, 6.07) is 8.93. The molecular formula is C19H24N4O2. The van der Waals surface area contributed by atoms with Gasteiger partial charge in [-0.25, -0.2) is 9.78 Å². The molecule has 3 rings (SSSR count). The quantitative estimate of drug-likeness (QED) is 0.701. The lowest BCUT2D eigenvalue weighted by atomic mass is 10.1. The summed E-state index contributed by atoms with van der Waals surface area (Å²) in [4.78, 5) is 20.0. The third-order valence-electron chi connectivity index (χ3n) is 4.45. The van der Waals surface area contributed by atoms with Gasteiger partial charge in [0.1, 0.15) is 5.82 Å². The maximum absolute atomic E-state index is 10.9. The highest BCUT2D eigenvalue weighted by atomic mass is 16.4. The molecule has 132 valence electrons. The third-order valence-corrected chi connectivity index (χ3v) is 4.45. The van der Waals surface area contributed by atoms with Gasteiger partial charge >= 0.3 is 5.97 Å². The summed E-state index contributed by atoms with van der Waals surface area (Å²) in [6.07, 6.45) is 7.46. The largest absolute Gasteiger partial charge is 0.478 e. The van der Waals surface area contributed by atoms with Gasteiger partial charge in [-0.3, -0.25) is 0 Å². The smallest absolute Gasteiger partial charge is 0.335 e. The van der Waals surface area contributed by atoms with E-state index in [4.69, 9.17) is 5.11 Å². The monoisotopic (exact) mass is 340 g/mol. The molecule has 0 radical (unpaired) electrons. The molecule has 1 aromatic heterocycles. The Bertz CT molecular complexity index is 723. The average Bonchev–Trinajstić information content (AvgIpc) is 2.83. The number of carbonyl (C=O) groups is 1. The van der Waals surface area contributed by atoms with Crippen LogP contribution >= 0.6 is 0 Å². The highest BCUT2D eigenvalue weighted by molar-refractivity contribution is 5.88. The first-order chi connectivity index (χ1) is 12.1. The van der Waals surface area contributed by atoms with E-state index in [-0.39, 0.29) is 5.56 Å². The summed E-state index contributed by atoms with van der Waals surface area (Å²) in [5, 5.41) is 15.7. The van der Waals surface area contributed by atoms with Gasteiger partial charge in [-0.05, 0) is 44.0 Å². The van der Waals surface area contributed by atoms with Crippen LogP contribution in [0.15, 0.2) is 30.3 Å². The van der Waals surface area contributed by atoms with E-state index in [2.05, 4.69) is 20.6 Å². The predicted octanol–water partition coefficient (Wildman–Crippen LogP) is 4.36. The van der Waals surface area contributed by atoms with Gasteiger partial charge in [0.25, 0.3) is 0 Å². The zero-order valence-corrected chi connectivity index (χ0v) is 14.5. The average molecular weight is 340 g/mol. The van der Waals surface area contributed by atoms with Crippen LogP contribution in [0.3, 0.4) is 0 Å². The molecule has 1 heterocycles. The van der Waals surface area contributed by atoms with Gasteiger partial charge in [-0.15, -0.1) is 0 Å². The van der Waals surface area contributed by atoms with Crippen LogP contribution in [-0.4, -0.2) is 27.1 Å². The lowest BCUT2D eigenvalue weighted by Gasteiger charge is -2.17. The Labute approximate surface area is 147 Å². The molecule has 0 unspecified atom stereocenters. The maximum Gasteiger partial charge on any atom is 0.335 e. The first-order valence-electron chi connectivity index (χ1n) is 8.83. The van der Waals surface area contributed by atoms with E-state index in [1.165, 1.54) is 25.7 Å². The van der Waals surface area contributed by atoms with Gasteiger partial charge in [-0.2, -0.15) is 4.98 Å². The molecule has 0 bridgehead atoms. The number of carboxylic acids is 1. The van der Waals surface area contributed by atoms with Crippen molar-refractivity contribution in [3.8, 4) is 0 Å². The zero-order valence-electron chi connectivity index (χ0n) is 14.5. The van der Waals surface area contributed by atoms with Crippen molar-refractivity contribution < 1.29 is 9.90 Å². The van der Waals surface area contributed by atoms with E-state index in [1.807, 2.05) is 13.0 Å². The summed E-state index contributed by atoms with van der Waals surface area (Å²) in [7, 11) is 0. The number of hydrogen-bond acceptors (Lipinski definition) is 5. The van der Waals surface area contributed by atoms with E-state index < -0.39 is 5.97 Å². The van der Waals surface area contributed by atoms with Gasteiger partial charge in [0.15, 0.2) is 0 Å². The summed E-state index contributed by atoms with van der Waals surface area (Å²) in [6.45, 7) is 1.94. The van der Waals surface area contributed by atoms with Gasteiger partial charge in [0, 0.05) is 23.5 Å². The molecule has 1 saturated carbocycles. The number of nitrogens with zero attached hydrogens (tertiary/aromatic N) is 2. The molecule has 1 fully saturated rings. The van der Waals surface area contributed by atoms with Crippen molar-refractivity contribution in [3.05, 3.63) is 41.6 Å². The normalized spacial score (nSPS) is 15.4. The number of carboxylic acid groups (broad SMARTS) is 1. The molecule has 1 aliphatic carbocycles. The summed E-state index contributed by atoms with van der Waals surface area (Å²) < 4.78 is 0. The van der Waals surface area contributed by atoms with Crippen molar-refractivity contribution >= 4 is 23.4 Å². The molecule has 3 N–H and O–H groups in total. The predicted molar refractivity (Wildman–Crippen MR) is 98.6 cm³/mol. The maximum atomic E-state index is 10.9. The van der Waals surface area contributed by atoms with Crippen LogP contribution in [-0.2, 0) is 0 Å². The highest BCUT2D eigenvalue weighted by Gasteiger charge is 2.14. The van der Waals surface area contributed by atoms with Crippen LogP contribution in [0, 0.1) is 6.92 Å². The number of rotatable bonds is 5. The number of aromatic nitrogens is 2. The SMILES string of the molecule is Cc1cc(Nc2ccc(C(=O)O)cc2)nc(NC2CCCCCC2)n1. The van der Waals surface area contributed by atoms with Crippen molar-refractivity contribution in [2.24, 2.45) is 0 Å². The van der Waals surface area contributed by atoms with E-state index in [1.54, 1.807) is 24.3 Å². The van der Waals surface area contributed by atoms with Crippen LogP contribution in [0.4, 0.5) is 17.5 Å². The van der Waals surface area contributed by atoms with Crippen molar-refractivity contribution in [2.45, 2.75) is 51.5 Å². The minimum Gasteiger partial charge on any atom is -0.478 e.